The molecule has 6 heteroatoms. The molecule has 0 fully saturated rings. The molecule has 2 aromatic rings. The standard InChI is InChI=1S/C8H3ClFIN2S/c9-4-1-2-6(10)5(3-4)7-12-8(11)13-14-7/h1-3H. The fourth-order valence-electron chi connectivity index (χ4n) is 0.976. The highest BCUT2D eigenvalue weighted by Crippen LogP contribution is 2.27. The second-order valence-electron chi connectivity index (χ2n) is 2.49. The highest BCUT2D eigenvalue weighted by molar-refractivity contribution is 14.1. The molecule has 72 valence electrons. The fourth-order valence-corrected chi connectivity index (χ4v) is 2.43. The van der Waals surface area contributed by atoms with Gasteiger partial charge in [-0.3, -0.25) is 0 Å². The normalized spacial score (nSPS) is 10.5. The van der Waals surface area contributed by atoms with Crippen molar-refractivity contribution in [2.24, 2.45) is 0 Å². The number of halogens is 3. The minimum absolute atomic E-state index is 0.332. The molecule has 2 rings (SSSR count). The molecule has 0 aliphatic heterocycles. The van der Waals surface area contributed by atoms with E-state index in [-0.39, 0.29) is 5.82 Å². The van der Waals surface area contributed by atoms with E-state index in [0.717, 1.165) is 11.5 Å². The van der Waals surface area contributed by atoms with Gasteiger partial charge in [0.2, 0.25) is 3.83 Å². The number of nitrogens with zero attached hydrogens (tertiary/aromatic N) is 2. The van der Waals surface area contributed by atoms with E-state index in [2.05, 4.69) is 9.36 Å². The SMILES string of the molecule is Fc1ccc(Cl)cc1-c1nc(I)ns1. The second kappa shape index (κ2) is 4.08. The Hall–Kier alpha value is -0.270. The Labute approximate surface area is 102 Å². The van der Waals surface area contributed by atoms with Gasteiger partial charge in [0, 0.05) is 33.2 Å². The lowest BCUT2D eigenvalue weighted by atomic mass is 10.2. The van der Waals surface area contributed by atoms with E-state index in [9.17, 15) is 4.39 Å². The molecule has 1 heterocycles. The lowest BCUT2D eigenvalue weighted by Gasteiger charge is -1.97. The number of rotatable bonds is 1. The van der Waals surface area contributed by atoms with E-state index in [4.69, 9.17) is 11.6 Å². The van der Waals surface area contributed by atoms with E-state index < -0.39 is 0 Å². The number of benzene rings is 1. The van der Waals surface area contributed by atoms with E-state index in [1.54, 1.807) is 6.07 Å². The van der Waals surface area contributed by atoms with Gasteiger partial charge in [-0.25, -0.2) is 9.37 Å². The van der Waals surface area contributed by atoms with E-state index in [1.165, 1.54) is 12.1 Å². The molecule has 0 amide bonds. The van der Waals surface area contributed by atoms with Crippen LogP contribution in [0.3, 0.4) is 0 Å². The van der Waals surface area contributed by atoms with Gasteiger partial charge in [0.25, 0.3) is 0 Å². The second-order valence-corrected chi connectivity index (χ2v) is 4.65. The average molecular weight is 341 g/mol. The number of hydrogen-bond donors (Lipinski definition) is 0. The molecule has 0 radical (unpaired) electrons. The molecule has 0 atom stereocenters. The van der Waals surface area contributed by atoms with E-state index >= 15 is 0 Å². The zero-order chi connectivity index (χ0) is 10.1. The number of aromatic nitrogens is 2. The van der Waals surface area contributed by atoms with Crippen LogP contribution in [-0.2, 0) is 0 Å². The predicted molar refractivity (Wildman–Crippen MR) is 63.0 cm³/mol. The van der Waals surface area contributed by atoms with Crippen LogP contribution >= 0.6 is 45.7 Å². The van der Waals surface area contributed by atoms with Crippen LogP contribution in [0.2, 0.25) is 5.02 Å². The molecule has 0 N–H and O–H groups in total. The molecule has 0 saturated heterocycles. The van der Waals surface area contributed by atoms with Gasteiger partial charge < -0.3 is 0 Å². The summed E-state index contributed by atoms with van der Waals surface area (Å²) in [6.07, 6.45) is 0. The predicted octanol–water partition coefficient (Wildman–Crippen LogP) is 3.60. The quantitative estimate of drug-likeness (QED) is 0.741. The molecule has 2 nitrogen and oxygen atoms in total. The largest absolute Gasteiger partial charge is 0.209 e. The molecular weight excluding hydrogens is 338 g/mol. The van der Waals surface area contributed by atoms with Crippen molar-refractivity contribution in [1.29, 1.82) is 0 Å². The van der Waals surface area contributed by atoms with Gasteiger partial charge in [-0.05, 0) is 29.7 Å². The minimum Gasteiger partial charge on any atom is -0.209 e. The summed E-state index contributed by atoms with van der Waals surface area (Å²) in [5.41, 5.74) is 0.401. The lowest BCUT2D eigenvalue weighted by Crippen LogP contribution is -1.83. The van der Waals surface area contributed by atoms with Gasteiger partial charge >= 0.3 is 0 Å². The maximum absolute atomic E-state index is 13.3. The van der Waals surface area contributed by atoms with Gasteiger partial charge in [-0.2, -0.15) is 4.37 Å². The summed E-state index contributed by atoms with van der Waals surface area (Å²) in [5.74, 6) is -0.332. The summed E-state index contributed by atoms with van der Waals surface area (Å²) in [5, 5.41) is 1.04. The molecule has 14 heavy (non-hydrogen) atoms. The van der Waals surface area contributed by atoms with Gasteiger partial charge in [-0.1, -0.05) is 11.6 Å². The summed E-state index contributed by atoms with van der Waals surface area (Å²) in [4.78, 5) is 4.08. The summed E-state index contributed by atoms with van der Waals surface area (Å²) < 4.78 is 17.9. The molecule has 1 aromatic heterocycles. The van der Waals surface area contributed by atoms with Crippen molar-refractivity contribution in [3.8, 4) is 10.6 Å². The Morgan fingerprint density at radius 3 is 2.86 bits per heavy atom. The molecule has 0 aliphatic carbocycles. The molecule has 0 aliphatic rings. The van der Waals surface area contributed by atoms with Crippen molar-refractivity contribution in [2.75, 3.05) is 0 Å². The smallest absolute Gasteiger partial charge is 0.203 e. The maximum Gasteiger partial charge on any atom is 0.203 e. The number of hydrogen-bond acceptors (Lipinski definition) is 3. The van der Waals surface area contributed by atoms with E-state index in [1.807, 2.05) is 22.6 Å². The fraction of sp³-hybridized carbons (Fsp3) is 0. The van der Waals surface area contributed by atoms with Gasteiger partial charge in [-0.15, -0.1) is 0 Å². The molecule has 1 aromatic carbocycles. The van der Waals surface area contributed by atoms with Crippen LogP contribution in [0.15, 0.2) is 18.2 Å². The first-order chi connectivity index (χ1) is 6.66. The van der Waals surface area contributed by atoms with Gasteiger partial charge in [0.05, 0.1) is 0 Å². The highest BCUT2D eigenvalue weighted by Gasteiger charge is 2.10. The van der Waals surface area contributed by atoms with E-state index in [0.29, 0.717) is 19.4 Å². The lowest BCUT2D eigenvalue weighted by molar-refractivity contribution is 0.631. The third kappa shape index (κ3) is 2.04. The maximum atomic E-state index is 13.3. The summed E-state index contributed by atoms with van der Waals surface area (Å²) in [6, 6.07) is 4.38. The first kappa shape index (κ1) is 10.3. The van der Waals surface area contributed by atoms with Crippen molar-refractivity contribution in [1.82, 2.24) is 9.36 Å². The highest BCUT2D eigenvalue weighted by atomic mass is 127. The third-order valence-electron chi connectivity index (χ3n) is 1.56. The summed E-state index contributed by atoms with van der Waals surface area (Å²) in [6.45, 7) is 0. The first-order valence-electron chi connectivity index (χ1n) is 3.61. The zero-order valence-electron chi connectivity index (χ0n) is 6.67. The average Bonchev–Trinajstić information content (AvgIpc) is 2.56. The topological polar surface area (TPSA) is 25.8 Å². The van der Waals surface area contributed by atoms with Crippen molar-refractivity contribution < 1.29 is 4.39 Å². The Morgan fingerprint density at radius 1 is 1.43 bits per heavy atom. The van der Waals surface area contributed by atoms with Crippen LogP contribution in [0.4, 0.5) is 4.39 Å². The van der Waals surface area contributed by atoms with Crippen LogP contribution in [-0.4, -0.2) is 9.36 Å². The van der Waals surface area contributed by atoms with Crippen LogP contribution in [0.25, 0.3) is 10.6 Å². The van der Waals surface area contributed by atoms with Crippen LogP contribution in [0.5, 0.6) is 0 Å². The third-order valence-corrected chi connectivity index (χ3v) is 3.35. The van der Waals surface area contributed by atoms with Crippen molar-refractivity contribution in [2.45, 2.75) is 0 Å². The Bertz CT molecular complexity index is 474. The van der Waals surface area contributed by atoms with Crippen LogP contribution in [0.1, 0.15) is 0 Å². The first-order valence-corrected chi connectivity index (χ1v) is 5.84. The van der Waals surface area contributed by atoms with Crippen LogP contribution in [0, 0.1) is 9.65 Å². The van der Waals surface area contributed by atoms with Crippen LogP contribution < -0.4 is 0 Å². The van der Waals surface area contributed by atoms with Crippen molar-refractivity contribution >= 4 is 45.7 Å². The molecule has 0 spiro atoms. The Kier molecular flexibility index (Phi) is 2.99. The Morgan fingerprint density at radius 2 is 2.21 bits per heavy atom. The minimum atomic E-state index is -0.332. The molecule has 0 bridgehead atoms. The summed E-state index contributed by atoms with van der Waals surface area (Å²) in [7, 11) is 0. The molecule has 0 unspecified atom stereocenters. The summed E-state index contributed by atoms with van der Waals surface area (Å²) >= 11 is 8.90. The van der Waals surface area contributed by atoms with Gasteiger partial charge in [0.15, 0.2) is 0 Å². The van der Waals surface area contributed by atoms with Crippen molar-refractivity contribution in [3.63, 3.8) is 0 Å². The Balaban J connectivity index is 2.55. The zero-order valence-corrected chi connectivity index (χ0v) is 10.4. The molecule has 0 saturated carbocycles. The van der Waals surface area contributed by atoms with Crippen molar-refractivity contribution in [3.05, 3.63) is 32.9 Å². The molecular formula is C8H3ClFIN2S. The van der Waals surface area contributed by atoms with Gasteiger partial charge in [0.1, 0.15) is 10.8 Å². The monoisotopic (exact) mass is 340 g/mol.